The molecule has 1 aliphatic heterocycles. The van der Waals surface area contributed by atoms with E-state index in [1.165, 1.54) is 37.7 Å². The Morgan fingerprint density at radius 3 is 2.35 bits per heavy atom. The van der Waals surface area contributed by atoms with Gasteiger partial charge in [-0.25, -0.2) is 0 Å². The molecule has 2 aliphatic rings. The lowest BCUT2D eigenvalue weighted by Gasteiger charge is -2.31. The molecular formula is C21H31N3O2. The molecule has 1 aromatic carbocycles. The van der Waals surface area contributed by atoms with Crippen molar-refractivity contribution in [1.29, 1.82) is 5.41 Å². The van der Waals surface area contributed by atoms with Crippen LogP contribution in [0.1, 0.15) is 69.3 Å². The Kier molecular flexibility index (Phi) is 6.53. The first kappa shape index (κ1) is 18.7. The maximum absolute atomic E-state index is 12.1. The number of nitrogens with one attached hydrogen (secondary N) is 1. The number of esters is 1. The van der Waals surface area contributed by atoms with Gasteiger partial charge in [0.2, 0.25) is 0 Å². The summed E-state index contributed by atoms with van der Waals surface area (Å²) in [6.07, 6.45) is 9.86. The molecule has 1 saturated carbocycles. The summed E-state index contributed by atoms with van der Waals surface area (Å²) in [6.45, 7) is 1.63. The van der Waals surface area contributed by atoms with Gasteiger partial charge in [0.1, 0.15) is 5.75 Å². The third kappa shape index (κ3) is 5.23. The number of ether oxygens (including phenoxy) is 1. The number of hydrogen-bond acceptors (Lipinski definition) is 3. The van der Waals surface area contributed by atoms with Gasteiger partial charge in [0.15, 0.2) is 5.96 Å². The van der Waals surface area contributed by atoms with Gasteiger partial charge in [-0.15, -0.1) is 0 Å². The van der Waals surface area contributed by atoms with Crippen LogP contribution >= 0.6 is 0 Å². The molecule has 3 N–H and O–H groups in total. The maximum Gasteiger partial charge on any atom is 0.311 e. The van der Waals surface area contributed by atoms with Crippen LogP contribution in [0.2, 0.25) is 0 Å². The molecule has 5 heteroatoms. The number of piperidine rings is 1. The van der Waals surface area contributed by atoms with Gasteiger partial charge >= 0.3 is 5.97 Å². The van der Waals surface area contributed by atoms with E-state index in [0.29, 0.717) is 24.0 Å². The molecule has 1 aromatic rings. The van der Waals surface area contributed by atoms with Gasteiger partial charge in [0.25, 0.3) is 0 Å². The fourth-order valence-corrected chi connectivity index (χ4v) is 4.21. The van der Waals surface area contributed by atoms with Crippen molar-refractivity contribution in [3.05, 3.63) is 29.8 Å². The average molecular weight is 357 g/mol. The van der Waals surface area contributed by atoms with E-state index >= 15 is 0 Å². The van der Waals surface area contributed by atoms with Crippen LogP contribution < -0.4 is 10.5 Å². The number of carbonyl (C=O) groups is 1. The van der Waals surface area contributed by atoms with Crippen molar-refractivity contribution in [2.45, 2.75) is 63.7 Å². The zero-order valence-electron chi connectivity index (χ0n) is 15.6. The topological polar surface area (TPSA) is 79.4 Å². The zero-order valence-corrected chi connectivity index (χ0v) is 15.6. The smallest absolute Gasteiger partial charge is 0.311 e. The predicted molar refractivity (Wildman–Crippen MR) is 103 cm³/mol. The van der Waals surface area contributed by atoms with Crippen LogP contribution in [0.4, 0.5) is 0 Å². The minimum atomic E-state index is -0.149. The van der Waals surface area contributed by atoms with Crippen LogP contribution in [0, 0.1) is 11.3 Å². The molecule has 0 spiro atoms. The minimum absolute atomic E-state index is 0.149. The SMILES string of the molecule is N=C(N)N1CCC(CCC(=O)Oc2ccc(C3CCCCC3)cc2)CC1. The summed E-state index contributed by atoms with van der Waals surface area (Å²) in [7, 11) is 0. The quantitative estimate of drug-likeness (QED) is 0.361. The number of guanidine groups is 1. The molecular weight excluding hydrogens is 326 g/mol. The van der Waals surface area contributed by atoms with Crippen molar-refractivity contribution in [2.24, 2.45) is 11.7 Å². The van der Waals surface area contributed by atoms with Gasteiger partial charge < -0.3 is 15.4 Å². The van der Waals surface area contributed by atoms with Crippen molar-refractivity contribution >= 4 is 11.9 Å². The standard InChI is InChI=1S/C21H31N3O2/c22-21(23)24-14-12-16(13-15-24)6-11-20(25)26-19-9-7-18(8-10-19)17-4-2-1-3-5-17/h7-10,16-17H,1-6,11-15H2,(H3,22,23). The lowest BCUT2D eigenvalue weighted by atomic mass is 9.84. The first-order valence-electron chi connectivity index (χ1n) is 10.0. The van der Waals surface area contributed by atoms with Gasteiger partial charge in [-0.2, -0.15) is 0 Å². The Hall–Kier alpha value is -2.04. The first-order chi connectivity index (χ1) is 12.6. The Bertz CT molecular complexity index is 600. The monoisotopic (exact) mass is 357 g/mol. The normalized spacial score (nSPS) is 19.3. The summed E-state index contributed by atoms with van der Waals surface area (Å²) in [5.41, 5.74) is 6.89. The van der Waals surface area contributed by atoms with Crippen LogP contribution in [0.15, 0.2) is 24.3 Å². The number of carbonyl (C=O) groups excluding carboxylic acids is 1. The molecule has 0 unspecified atom stereocenters. The molecule has 1 aliphatic carbocycles. The second kappa shape index (κ2) is 9.06. The highest BCUT2D eigenvalue weighted by Gasteiger charge is 2.21. The average Bonchev–Trinajstić information content (AvgIpc) is 2.68. The highest BCUT2D eigenvalue weighted by Crippen LogP contribution is 2.33. The molecule has 0 amide bonds. The molecule has 142 valence electrons. The van der Waals surface area contributed by atoms with Crippen molar-refractivity contribution in [3.63, 3.8) is 0 Å². The fraction of sp³-hybridized carbons (Fsp3) is 0.619. The van der Waals surface area contributed by atoms with E-state index in [9.17, 15) is 4.79 Å². The Morgan fingerprint density at radius 2 is 1.73 bits per heavy atom. The molecule has 5 nitrogen and oxygen atoms in total. The van der Waals surface area contributed by atoms with E-state index < -0.39 is 0 Å². The molecule has 1 heterocycles. The van der Waals surface area contributed by atoms with Crippen molar-refractivity contribution in [1.82, 2.24) is 4.90 Å². The van der Waals surface area contributed by atoms with Gasteiger partial charge in [-0.1, -0.05) is 31.4 Å². The summed E-state index contributed by atoms with van der Waals surface area (Å²) in [5, 5.41) is 7.46. The number of nitrogens with two attached hydrogens (primary N) is 1. The largest absolute Gasteiger partial charge is 0.427 e. The second-order valence-electron chi connectivity index (χ2n) is 7.73. The summed E-state index contributed by atoms with van der Waals surface area (Å²) >= 11 is 0. The Balaban J connectivity index is 1.40. The lowest BCUT2D eigenvalue weighted by Crippen LogP contribution is -2.42. The van der Waals surface area contributed by atoms with Crippen molar-refractivity contribution in [3.8, 4) is 5.75 Å². The summed E-state index contributed by atoms with van der Waals surface area (Å²) in [6, 6.07) is 8.12. The number of benzene rings is 1. The van der Waals surface area contributed by atoms with Gasteiger partial charge in [-0.05, 0) is 61.6 Å². The molecule has 0 atom stereocenters. The molecule has 1 saturated heterocycles. The molecule has 26 heavy (non-hydrogen) atoms. The van der Waals surface area contributed by atoms with E-state index in [1.54, 1.807) is 0 Å². The fourth-order valence-electron chi connectivity index (χ4n) is 4.21. The molecule has 0 aromatic heterocycles. The number of rotatable bonds is 5. The lowest BCUT2D eigenvalue weighted by molar-refractivity contribution is -0.134. The minimum Gasteiger partial charge on any atom is -0.427 e. The number of hydrogen-bond donors (Lipinski definition) is 2. The van der Waals surface area contributed by atoms with Crippen molar-refractivity contribution in [2.75, 3.05) is 13.1 Å². The van der Waals surface area contributed by atoms with Gasteiger partial charge in [0.05, 0.1) is 0 Å². The van der Waals surface area contributed by atoms with Gasteiger partial charge in [0, 0.05) is 19.5 Å². The van der Waals surface area contributed by atoms with E-state index in [-0.39, 0.29) is 11.9 Å². The summed E-state index contributed by atoms with van der Waals surface area (Å²) in [5.74, 6) is 1.85. The molecule has 0 bridgehead atoms. The second-order valence-corrected chi connectivity index (χ2v) is 7.73. The van der Waals surface area contributed by atoms with Crippen LogP contribution in [-0.2, 0) is 4.79 Å². The Morgan fingerprint density at radius 1 is 1.08 bits per heavy atom. The number of nitrogens with zero attached hydrogens (tertiary/aromatic N) is 1. The Labute approximate surface area is 156 Å². The molecule has 3 rings (SSSR count). The third-order valence-electron chi connectivity index (χ3n) is 5.90. The van der Waals surface area contributed by atoms with E-state index in [4.69, 9.17) is 15.9 Å². The van der Waals surface area contributed by atoms with Crippen LogP contribution in [0.25, 0.3) is 0 Å². The van der Waals surface area contributed by atoms with Gasteiger partial charge in [-0.3, -0.25) is 10.2 Å². The highest BCUT2D eigenvalue weighted by atomic mass is 16.5. The van der Waals surface area contributed by atoms with Crippen molar-refractivity contribution < 1.29 is 9.53 Å². The third-order valence-corrected chi connectivity index (χ3v) is 5.90. The summed E-state index contributed by atoms with van der Waals surface area (Å²) < 4.78 is 5.50. The predicted octanol–water partition coefficient (Wildman–Crippen LogP) is 4.03. The summed E-state index contributed by atoms with van der Waals surface area (Å²) in [4.78, 5) is 14.0. The van der Waals surface area contributed by atoms with Crippen LogP contribution in [0.3, 0.4) is 0 Å². The number of likely N-dealkylation sites (tertiary alicyclic amines) is 1. The molecule has 0 radical (unpaired) electrons. The maximum atomic E-state index is 12.1. The van der Waals surface area contributed by atoms with Crippen LogP contribution in [-0.4, -0.2) is 29.9 Å². The van der Waals surface area contributed by atoms with E-state index in [1.807, 2.05) is 17.0 Å². The highest BCUT2D eigenvalue weighted by molar-refractivity contribution is 5.74. The van der Waals surface area contributed by atoms with E-state index in [0.717, 1.165) is 32.4 Å². The first-order valence-corrected chi connectivity index (χ1v) is 10.0. The zero-order chi connectivity index (χ0) is 18.4. The van der Waals surface area contributed by atoms with E-state index in [2.05, 4.69) is 12.1 Å². The van der Waals surface area contributed by atoms with Crippen LogP contribution in [0.5, 0.6) is 5.75 Å². The molecule has 2 fully saturated rings.